The molecule has 1 atom stereocenters. The van der Waals surface area contributed by atoms with Crippen LogP contribution in [0.15, 0.2) is 30.3 Å². The summed E-state index contributed by atoms with van der Waals surface area (Å²) in [5, 5.41) is 2.64. The van der Waals surface area contributed by atoms with E-state index in [0.717, 1.165) is 17.5 Å². The van der Waals surface area contributed by atoms with Gasteiger partial charge in [-0.2, -0.15) is 11.8 Å². The molecule has 0 radical (unpaired) electrons. The maximum atomic E-state index is 12.0. The first-order valence-corrected chi connectivity index (χ1v) is 10.1. The van der Waals surface area contributed by atoms with Crippen LogP contribution in [0.5, 0.6) is 0 Å². The first-order chi connectivity index (χ1) is 11.6. The van der Waals surface area contributed by atoms with Crippen molar-refractivity contribution in [1.82, 2.24) is 5.32 Å². The molecular weight excluding hydrogens is 346 g/mol. The van der Waals surface area contributed by atoms with E-state index in [4.69, 9.17) is 4.74 Å². The first kappa shape index (κ1) is 20.6. The smallest absolute Gasteiger partial charge is 0.328 e. The summed E-state index contributed by atoms with van der Waals surface area (Å²) in [4.78, 5) is 35.8. The Morgan fingerprint density at radius 2 is 1.88 bits per heavy atom. The molecule has 0 fully saturated rings. The minimum Gasteiger partial charge on any atom is -0.464 e. The molecule has 0 aliphatic rings. The highest BCUT2D eigenvalue weighted by atomic mass is 32.2. The Morgan fingerprint density at radius 1 is 1.17 bits per heavy atom. The molecule has 0 unspecified atom stereocenters. The monoisotopic (exact) mass is 369 g/mol. The Morgan fingerprint density at radius 3 is 2.50 bits per heavy atom. The normalized spacial score (nSPS) is 11.6. The Kier molecular flexibility index (Phi) is 10.3. The van der Waals surface area contributed by atoms with Crippen molar-refractivity contribution in [1.29, 1.82) is 0 Å². The van der Waals surface area contributed by atoms with E-state index in [-0.39, 0.29) is 24.1 Å². The molecule has 0 aromatic heterocycles. The second kappa shape index (κ2) is 12.0. The Balaban J connectivity index is 2.39. The van der Waals surface area contributed by atoms with Crippen LogP contribution in [0, 0.1) is 0 Å². The number of thioether (sulfide) groups is 2. The number of carbonyl (C=O) groups excluding carboxylic acids is 3. The van der Waals surface area contributed by atoms with Gasteiger partial charge in [0, 0.05) is 17.7 Å². The van der Waals surface area contributed by atoms with Gasteiger partial charge in [0.2, 0.25) is 11.0 Å². The summed E-state index contributed by atoms with van der Waals surface area (Å²) in [5.41, 5.74) is 0.618. The van der Waals surface area contributed by atoms with Crippen LogP contribution in [0.25, 0.3) is 0 Å². The van der Waals surface area contributed by atoms with Gasteiger partial charge in [0.25, 0.3) is 0 Å². The predicted octanol–water partition coefficient (Wildman–Crippen LogP) is 2.75. The summed E-state index contributed by atoms with van der Waals surface area (Å²) < 4.78 is 4.98. The van der Waals surface area contributed by atoms with Crippen molar-refractivity contribution in [2.45, 2.75) is 25.8 Å². The van der Waals surface area contributed by atoms with Crippen molar-refractivity contribution in [3.05, 3.63) is 35.9 Å². The third-order valence-electron chi connectivity index (χ3n) is 3.09. The Labute approximate surface area is 151 Å². The van der Waals surface area contributed by atoms with Crippen LogP contribution < -0.4 is 5.32 Å². The van der Waals surface area contributed by atoms with E-state index in [1.165, 1.54) is 0 Å². The lowest BCUT2D eigenvalue weighted by atomic mass is 10.2. The number of ether oxygens (including phenoxy) is 1. The fourth-order valence-electron chi connectivity index (χ4n) is 1.89. The van der Waals surface area contributed by atoms with Gasteiger partial charge in [0.05, 0.1) is 6.61 Å². The fourth-order valence-corrected chi connectivity index (χ4v) is 3.13. The molecule has 0 saturated heterocycles. The van der Waals surface area contributed by atoms with E-state index in [2.05, 4.69) is 5.32 Å². The molecule has 0 aliphatic heterocycles. The van der Waals surface area contributed by atoms with Crippen molar-refractivity contribution in [3.63, 3.8) is 0 Å². The predicted molar refractivity (Wildman–Crippen MR) is 99.4 cm³/mol. The van der Waals surface area contributed by atoms with Gasteiger partial charge < -0.3 is 10.1 Å². The third-order valence-corrected chi connectivity index (χ3v) is 4.64. The lowest BCUT2D eigenvalue weighted by Gasteiger charge is -2.16. The molecule has 132 valence electrons. The minimum atomic E-state index is -0.625. The van der Waals surface area contributed by atoms with Gasteiger partial charge in [-0.3, -0.25) is 9.59 Å². The number of benzene rings is 1. The average molecular weight is 370 g/mol. The van der Waals surface area contributed by atoms with Crippen molar-refractivity contribution in [2.24, 2.45) is 0 Å². The summed E-state index contributed by atoms with van der Waals surface area (Å²) in [6, 6.07) is 8.31. The minimum absolute atomic E-state index is 0.0623. The highest BCUT2D eigenvalue weighted by Gasteiger charge is 2.21. The molecule has 0 aliphatic carbocycles. The number of esters is 1. The largest absolute Gasteiger partial charge is 0.464 e. The lowest BCUT2D eigenvalue weighted by Crippen LogP contribution is -2.42. The van der Waals surface area contributed by atoms with E-state index in [0.29, 0.717) is 17.7 Å². The molecule has 0 saturated carbocycles. The molecule has 1 rings (SSSR count). The maximum absolute atomic E-state index is 12.0. The van der Waals surface area contributed by atoms with E-state index in [1.54, 1.807) is 43.0 Å². The number of nitrogens with one attached hydrogen (secondary N) is 1. The summed E-state index contributed by atoms with van der Waals surface area (Å²) in [5.74, 6) is 0.471. The van der Waals surface area contributed by atoms with Crippen LogP contribution in [0.2, 0.25) is 0 Å². The van der Waals surface area contributed by atoms with Gasteiger partial charge in [0.1, 0.15) is 6.04 Å². The van der Waals surface area contributed by atoms with Crippen LogP contribution in [0.3, 0.4) is 0 Å². The quantitative estimate of drug-likeness (QED) is 0.640. The second-order valence-electron chi connectivity index (χ2n) is 4.91. The van der Waals surface area contributed by atoms with Crippen LogP contribution in [-0.2, 0) is 14.3 Å². The summed E-state index contributed by atoms with van der Waals surface area (Å²) >= 11 is 2.71. The van der Waals surface area contributed by atoms with E-state index in [9.17, 15) is 14.4 Å². The molecule has 1 N–H and O–H groups in total. The topological polar surface area (TPSA) is 72.5 Å². The number of amides is 1. The van der Waals surface area contributed by atoms with E-state index in [1.807, 2.05) is 12.3 Å². The standard InChI is InChI=1S/C17H23NO4S2/c1-3-22-16(20)14(9-11-23-2)18-15(19)10-12-24-17(21)13-7-5-4-6-8-13/h4-8,14H,3,9-12H2,1-2H3,(H,18,19)/t14-/m0/s1. The number of hydrogen-bond acceptors (Lipinski definition) is 6. The number of carbonyl (C=O) groups is 3. The molecule has 1 aromatic rings. The molecule has 0 bridgehead atoms. The summed E-state index contributed by atoms with van der Waals surface area (Å²) in [6.45, 7) is 2.02. The number of hydrogen-bond donors (Lipinski definition) is 1. The molecule has 7 heteroatoms. The molecule has 0 spiro atoms. The summed E-state index contributed by atoms with van der Waals surface area (Å²) in [6.07, 6.45) is 2.65. The van der Waals surface area contributed by atoms with Gasteiger partial charge in [-0.05, 0) is 25.4 Å². The van der Waals surface area contributed by atoms with Gasteiger partial charge >= 0.3 is 5.97 Å². The highest BCUT2D eigenvalue weighted by Crippen LogP contribution is 2.13. The van der Waals surface area contributed by atoms with E-state index < -0.39 is 12.0 Å². The lowest BCUT2D eigenvalue weighted by molar-refractivity contribution is -0.147. The zero-order chi connectivity index (χ0) is 17.8. The maximum Gasteiger partial charge on any atom is 0.328 e. The van der Waals surface area contributed by atoms with Gasteiger partial charge in [-0.15, -0.1) is 0 Å². The Bertz CT molecular complexity index is 537. The first-order valence-electron chi connectivity index (χ1n) is 7.75. The molecule has 5 nitrogen and oxygen atoms in total. The zero-order valence-corrected chi connectivity index (χ0v) is 15.6. The van der Waals surface area contributed by atoms with Gasteiger partial charge in [-0.25, -0.2) is 4.79 Å². The second-order valence-corrected chi connectivity index (χ2v) is 6.96. The van der Waals surface area contributed by atoms with Crippen LogP contribution in [0.4, 0.5) is 0 Å². The SMILES string of the molecule is CCOC(=O)[C@H](CCSC)NC(=O)CCSC(=O)c1ccccc1. The van der Waals surface area contributed by atoms with Crippen molar-refractivity contribution >= 4 is 40.5 Å². The molecule has 1 aromatic carbocycles. The van der Waals surface area contributed by atoms with Crippen LogP contribution in [0.1, 0.15) is 30.1 Å². The average Bonchev–Trinajstić information content (AvgIpc) is 2.59. The van der Waals surface area contributed by atoms with Crippen molar-refractivity contribution in [2.75, 3.05) is 24.4 Å². The van der Waals surface area contributed by atoms with E-state index >= 15 is 0 Å². The summed E-state index contributed by atoms with van der Waals surface area (Å²) in [7, 11) is 0. The van der Waals surface area contributed by atoms with Crippen molar-refractivity contribution in [3.8, 4) is 0 Å². The third kappa shape index (κ3) is 7.88. The zero-order valence-electron chi connectivity index (χ0n) is 13.9. The Hall–Kier alpha value is -1.47. The molecular formula is C17H23NO4S2. The molecule has 24 heavy (non-hydrogen) atoms. The van der Waals surface area contributed by atoms with Gasteiger partial charge in [-0.1, -0.05) is 42.1 Å². The highest BCUT2D eigenvalue weighted by molar-refractivity contribution is 8.14. The van der Waals surface area contributed by atoms with Crippen LogP contribution >= 0.6 is 23.5 Å². The van der Waals surface area contributed by atoms with Crippen LogP contribution in [-0.4, -0.2) is 47.4 Å². The molecule has 0 heterocycles. The number of rotatable bonds is 10. The van der Waals surface area contributed by atoms with Crippen molar-refractivity contribution < 1.29 is 19.1 Å². The molecule has 1 amide bonds. The van der Waals surface area contributed by atoms with Gasteiger partial charge in [0.15, 0.2) is 0 Å². The fraction of sp³-hybridized carbons (Fsp3) is 0.471.